The molecule has 0 radical (unpaired) electrons. The lowest BCUT2D eigenvalue weighted by molar-refractivity contribution is -0.154. The van der Waals surface area contributed by atoms with Gasteiger partial charge in [0.15, 0.2) is 5.65 Å². The summed E-state index contributed by atoms with van der Waals surface area (Å²) in [7, 11) is 0. The first kappa shape index (κ1) is 18.4. The van der Waals surface area contributed by atoms with Gasteiger partial charge in [-0.05, 0) is 68.9 Å². The molecular formula is C21H20F3N3O2. The van der Waals surface area contributed by atoms with Crippen molar-refractivity contribution in [3.8, 4) is 17.0 Å². The molecule has 152 valence electrons. The first-order valence-corrected chi connectivity index (χ1v) is 9.59. The maximum absolute atomic E-state index is 13.0. The van der Waals surface area contributed by atoms with Crippen LogP contribution in [-0.4, -0.2) is 30.6 Å². The van der Waals surface area contributed by atoms with E-state index in [2.05, 4.69) is 14.8 Å². The second kappa shape index (κ2) is 5.72. The molecule has 2 aromatic heterocycles. The number of phenols is 1. The van der Waals surface area contributed by atoms with Crippen LogP contribution < -0.4 is 0 Å². The normalized spacial score (nSPS) is 26.5. The number of hydrogen-bond acceptors (Lipinski definition) is 4. The number of alkyl halides is 3. The Kier molecular flexibility index (Phi) is 3.63. The fourth-order valence-electron chi connectivity index (χ4n) is 5.27. The third-order valence-electron chi connectivity index (χ3n) is 6.44. The lowest BCUT2D eigenvalue weighted by atomic mass is 9.56. The number of benzene rings is 1. The molecule has 3 aliphatic rings. The number of aliphatic hydroxyl groups is 1. The van der Waals surface area contributed by atoms with Gasteiger partial charge in [0.2, 0.25) is 0 Å². The zero-order valence-corrected chi connectivity index (χ0v) is 15.8. The molecule has 0 aliphatic heterocycles. The van der Waals surface area contributed by atoms with Crippen molar-refractivity contribution in [1.29, 1.82) is 0 Å². The van der Waals surface area contributed by atoms with Crippen LogP contribution in [0.2, 0.25) is 0 Å². The number of aromatic nitrogens is 3. The summed E-state index contributed by atoms with van der Waals surface area (Å²) < 4.78 is 41.0. The predicted molar refractivity (Wildman–Crippen MR) is 100 cm³/mol. The third-order valence-corrected chi connectivity index (χ3v) is 6.44. The number of rotatable bonds is 2. The van der Waals surface area contributed by atoms with Crippen molar-refractivity contribution in [2.45, 2.75) is 56.3 Å². The van der Waals surface area contributed by atoms with E-state index in [0.29, 0.717) is 24.2 Å². The average Bonchev–Trinajstić information content (AvgIpc) is 3.03. The minimum atomic E-state index is -4.53. The molecule has 2 bridgehead atoms. The number of fused-ring (bicyclic) bond motifs is 3. The zero-order valence-electron chi connectivity index (χ0n) is 15.8. The van der Waals surface area contributed by atoms with E-state index < -0.39 is 23.1 Å². The topological polar surface area (TPSA) is 71.2 Å². The molecule has 0 saturated heterocycles. The first-order chi connectivity index (χ1) is 13.6. The molecule has 6 rings (SSSR count). The molecule has 5 nitrogen and oxygen atoms in total. The smallest absolute Gasteiger partial charge is 0.416 e. The molecule has 0 amide bonds. The highest BCUT2D eigenvalue weighted by atomic mass is 19.4. The Balaban J connectivity index is 1.56. The Bertz CT molecular complexity index is 1110. The van der Waals surface area contributed by atoms with Crippen molar-refractivity contribution in [3.63, 3.8) is 0 Å². The van der Waals surface area contributed by atoms with Gasteiger partial charge in [0.1, 0.15) is 5.75 Å². The van der Waals surface area contributed by atoms with Crippen LogP contribution in [0.25, 0.3) is 22.3 Å². The second-order valence-electron chi connectivity index (χ2n) is 8.54. The summed E-state index contributed by atoms with van der Waals surface area (Å²) in [5, 5.41) is 30.0. The summed E-state index contributed by atoms with van der Waals surface area (Å²) in [4.78, 5) is 0. The van der Waals surface area contributed by atoms with Crippen molar-refractivity contribution in [3.05, 3.63) is 41.6 Å². The average molecular weight is 403 g/mol. The number of halogens is 3. The van der Waals surface area contributed by atoms with E-state index in [1.807, 2.05) is 12.3 Å². The quantitative estimate of drug-likeness (QED) is 0.659. The van der Waals surface area contributed by atoms with Gasteiger partial charge in [-0.1, -0.05) is 0 Å². The Hall–Kier alpha value is -2.61. The summed E-state index contributed by atoms with van der Waals surface area (Å²) in [5.41, 5.74) is -0.0884. The fraction of sp³-hybridized carbons (Fsp3) is 0.429. The monoisotopic (exact) mass is 403 g/mol. The molecule has 3 fully saturated rings. The van der Waals surface area contributed by atoms with E-state index in [1.54, 1.807) is 6.07 Å². The molecule has 1 aromatic carbocycles. The lowest BCUT2D eigenvalue weighted by Crippen LogP contribution is -2.60. The second-order valence-corrected chi connectivity index (χ2v) is 8.54. The minimum absolute atomic E-state index is 0.142. The van der Waals surface area contributed by atoms with E-state index in [-0.39, 0.29) is 16.7 Å². The molecule has 8 heteroatoms. The molecular weight excluding hydrogens is 383 g/mol. The van der Waals surface area contributed by atoms with Crippen molar-refractivity contribution in [2.24, 2.45) is 0 Å². The van der Waals surface area contributed by atoms with Crippen LogP contribution in [0.1, 0.15) is 43.2 Å². The highest BCUT2D eigenvalue weighted by Gasteiger charge is 2.57. The van der Waals surface area contributed by atoms with Gasteiger partial charge in [0.05, 0.1) is 22.4 Å². The minimum Gasteiger partial charge on any atom is -0.507 e. The lowest BCUT2D eigenvalue weighted by Gasteiger charge is -2.58. The Labute approximate surface area is 164 Å². The molecule has 3 aliphatic carbocycles. The maximum atomic E-state index is 13.0. The van der Waals surface area contributed by atoms with Crippen LogP contribution in [0.15, 0.2) is 30.5 Å². The summed E-state index contributed by atoms with van der Waals surface area (Å²) >= 11 is 0. The van der Waals surface area contributed by atoms with Crippen LogP contribution in [-0.2, 0) is 11.7 Å². The predicted octanol–water partition coefficient (Wildman–Crippen LogP) is 4.54. The van der Waals surface area contributed by atoms with Gasteiger partial charge < -0.3 is 14.8 Å². The van der Waals surface area contributed by atoms with Crippen LogP contribution in [0.4, 0.5) is 13.2 Å². The Morgan fingerprint density at radius 2 is 1.86 bits per heavy atom. The zero-order chi connectivity index (χ0) is 20.6. The SMILES string of the molecule is Cc1cc(C(F)(F)F)cc(O)c1-c1cc2ccn(C34CCCC(O)(C3)C4)c2nn1. The largest absolute Gasteiger partial charge is 0.507 e. The maximum Gasteiger partial charge on any atom is 0.416 e. The van der Waals surface area contributed by atoms with Gasteiger partial charge >= 0.3 is 6.18 Å². The number of hydrogen-bond donors (Lipinski definition) is 2. The van der Waals surface area contributed by atoms with Gasteiger partial charge in [-0.15, -0.1) is 10.2 Å². The van der Waals surface area contributed by atoms with Crippen molar-refractivity contribution in [2.75, 3.05) is 0 Å². The summed E-state index contributed by atoms with van der Waals surface area (Å²) in [5.74, 6) is -0.472. The summed E-state index contributed by atoms with van der Waals surface area (Å²) in [6.45, 7) is 1.51. The van der Waals surface area contributed by atoms with Gasteiger partial charge in [-0.3, -0.25) is 0 Å². The Morgan fingerprint density at radius 1 is 1.10 bits per heavy atom. The molecule has 2 heterocycles. The van der Waals surface area contributed by atoms with Crippen LogP contribution in [0, 0.1) is 6.92 Å². The van der Waals surface area contributed by atoms with E-state index >= 15 is 0 Å². The molecule has 29 heavy (non-hydrogen) atoms. The molecule has 0 spiro atoms. The van der Waals surface area contributed by atoms with E-state index in [0.717, 1.165) is 36.8 Å². The fourth-order valence-corrected chi connectivity index (χ4v) is 5.27. The first-order valence-electron chi connectivity index (χ1n) is 9.59. The summed E-state index contributed by atoms with van der Waals surface area (Å²) in [6.07, 6.45) is 1.57. The Morgan fingerprint density at radius 3 is 2.52 bits per heavy atom. The van der Waals surface area contributed by atoms with E-state index in [1.165, 1.54) is 6.92 Å². The molecule has 0 atom stereocenters. The van der Waals surface area contributed by atoms with Crippen molar-refractivity contribution in [1.82, 2.24) is 14.8 Å². The van der Waals surface area contributed by atoms with Gasteiger partial charge in [0.25, 0.3) is 0 Å². The molecule has 0 unspecified atom stereocenters. The standard InChI is InChI=1S/C21H20F3N3O2/c1-12-7-14(21(22,23)24)9-16(28)17(12)15-8-13-3-6-27(18(13)26-25-15)19-4-2-5-20(29,10-19)11-19/h3,6-9,28-29H,2,4-5,10-11H2,1H3. The van der Waals surface area contributed by atoms with Crippen LogP contribution in [0.5, 0.6) is 5.75 Å². The number of nitrogens with zero attached hydrogens (tertiary/aromatic N) is 3. The third kappa shape index (κ3) is 2.73. The number of aromatic hydroxyl groups is 1. The highest BCUT2D eigenvalue weighted by Crippen LogP contribution is 2.57. The van der Waals surface area contributed by atoms with Crippen LogP contribution >= 0.6 is 0 Å². The van der Waals surface area contributed by atoms with Crippen LogP contribution in [0.3, 0.4) is 0 Å². The van der Waals surface area contributed by atoms with Gasteiger partial charge in [-0.2, -0.15) is 13.2 Å². The van der Waals surface area contributed by atoms with E-state index in [9.17, 15) is 23.4 Å². The van der Waals surface area contributed by atoms with Gasteiger partial charge in [0, 0.05) is 17.1 Å². The van der Waals surface area contributed by atoms with Crippen molar-refractivity contribution < 1.29 is 23.4 Å². The number of aryl methyl sites for hydroxylation is 1. The number of phenolic OH excluding ortho intramolecular Hbond substituents is 1. The molecule has 3 aromatic rings. The van der Waals surface area contributed by atoms with Gasteiger partial charge in [-0.25, -0.2) is 0 Å². The summed E-state index contributed by atoms with van der Waals surface area (Å²) in [6, 6.07) is 5.35. The molecule has 2 N–H and O–H groups in total. The van der Waals surface area contributed by atoms with Crippen molar-refractivity contribution >= 4 is 11.0 Å². The highest BCUT2D eigenvalue weighted by molar-refractivity contribution is 5.82. The van der Waals surface area contributed by atoms with E-state index in [4.69, 9.17) is 0 Å². The molecule has 3 saturated carbocycles.